The van der Waals surface area contributed by atoms with Crippen LogP contribution in [0.3, 0.4) is 0 Å². The van der Waals surface area contributed by atoms with Crippen LogP contribution in [-0.4, -0.2) is 25.8 Å². The van der Waals surface area contributed by atoms with E-state index in [1.54, 1.807) is 32.1 Å². The summed E-state index contributed by atoms with van der Waals surface area (Å²) in [5, 5.41) is 3.51. The minimum atomic E-state index is 0.181. The molecule has 5 fully saturated rings. The van der Waals surface area contributed by atoms with E-state index >= 15 is 0 Å². The molecule has 5 rings (SSSR count). The van der Waals surface area contributed by atoms with Crippen molar-refractivity contribution in [3.63, 3.8) is 0 Å². The second-order valence-electron chi connectivity index (χ2n) is 7.61. The SMILES string of the molecule is COC1(CC2C3CC4CC(C3)CC2C4)CCNC1. The van der Waals surface area contributed by atoms with Crippen molar-refractivity contribution in [2.45, 2.75) is 50.5 Å². The molecule has 2 nitrogen and oxygen atoms in total. The van der Waals surface area contributed by atoms with Gasteiger partial charge in [-0.2, -0.15) is 0 Å². The quantitative estimate of drug-likeness (QED) is 0.830. The Labute approximate surface area is 111 Å². The summed E-state index contributed by atoms with van der Waals surface area (Å²) in [7, 11) is 1.93. The van der Waals surface area contributed by atoms with Gasteiger partial charge >= 0.3 is 0 Å². The molecule has 1 aliphatic heterocycles. The Hall–Kier alpha value is -0.0800. The molecule has 5 aliphatic rings. The first-order valence-corrected chi connectivity index (χ1v) is 8.04. The molecule has 0 amide bonds. The zero-order valence-corrected chi connectivity index (χ0v) is 11.7. The van der Waals surface area contributed by atoms with Gasteiger partial charge in [-0.15, -0.1) is 0 Å². The standard InChI is InChI=1S/C16H27NO/c1-18-16(2-3-17-10-16)9-15-13-5-11-4-12(7-13)8-14(15)6-11/h11-15,17H,2-10H2,1H3. The lowest BCUT2D eigenvalue weighted by atomic mass is 9.50. The van der Waals surface area contributed by atoms with Gasteiger partial charge in [0.15, 0.2) is 0 Å². The molecule has 4 aliphatic carbocycles. The van der Waals surface area contributed by atoms with Gasteiger partial charge in [0.2, 0.25) is 0 Å². The number of methoxy groups -OCH3 is 1. The van der Waals surface area contributed by atoms with Crippen molar-refractivity contribution < 1.29 is 4.74 Å². The van der Waals surface area contributed by atoms with E-state index in [9.17, 15) is 0 Å². The van der Waals surface area contributed by atoms with E-state index in [0.717, 1.165) is 42.7 Å². The average Bonchev–Trinajstić information content (AvgIpc) is 2.82. The first kappa shape index (κ1) is 11.7. The Balaban J connectivity index is 1.51. The van der Waals surface area contributed by atoms with E-state index in [4.69, 9.17) is 4.74 Å². The van der Waals surface area contributed by atoms with Crippen LogP contribution < -0.4 is 5.32 Å². The Morgan fingerprint density at radius 1 is 1.06 bits per heavy atom. The molecule has 0 aromatic heterocycles. The van der Waals surface area contributed by atoms with Crippen LogP contribution in [0, 0.1) is 29.6 Å². The molecule has 0 spiro atoms. The monoisotopic (exact) mass is 249 g/mol. The van der Waals surface area contributed by atoms with Gasteiger partial charge in [-0.25, -0.2) is 0 Å². The lowest BCUT2D eigenvalue weighted by Gasteiger charge is -2.56. The van der Waals surface area contributed by atoms with Gasteiger partial charge in [0.25, 0.3) is 0 Å². The molecule has 4 saturated carbocycles. The summed E-state index contributed by atoms with van der Waals surface area (Å²) in [6.07, 6.45) is 10.3. The predicted octanol–water partition coefficient (Wildman–Crippen LogP) is 2.83. The molecule has 1 N–H and O–H groups in total. The fourth-order valence-corrected chi connectivity index (χ4v) is 5.95. The van der Waals surface area contributed by atoms with Crippen molar-refractivity contribution in [3.8, 4) is 0 Å². The normalized spacial score (nSPS) is 54.2. The summed E-state index contributed by atoms with van der Waals surface area (Å²) in [6.45, 7) is 2.24. The van der Waals surface area contributed by atoms with Gasteiger partial charge in [0.05, 0.1) is 5.60 Å². The summed E-state index contributed by atoms with van der Waals surface area (Å²) in [4.78, 5) is 0. The van der Waals surface area contributed by atoms with E-state index in [-0.39, 0.29) is 5.60 Å². The van der Waals surface area contributed by atoms with E-state index in [1.807, 2.05) is 7.11 Å². The molecule has 4 bridgehead atoms. The van der Waals surface area contributed by atoms with Crippen molar-refractivity contribution in [2.75, 3.05) is 20.2 Å². The van der Waals surface area contributed by atoms with Crippen LogP contribution in [0.5, 0.6) is 0 Å². The molecular weight excluding hydrogens is 222 g/mol. The molecule has 18 heavy (non-hydrogen) atoms. The first-order valence-electron chi connectivity index (χ1n) is 8.04. The molecule has 0 radical (unpaired) electrons. The lowest BCUT2D eigenvalue weighted by Crippen LogP contribution is -2.49. The molecule has 1 heterocycles. The molecule has 0 aromatic rings. The summed E-state index contributed by atoms with van der Waals surface area (Å²) < 4.78 is 5.94. The number of nitrogens with one attached hydrogen (secondary N) is 1. The van der Waals surface area contributed by atoms with Crippen molar-refractivity contribution in [1.82, 2.24) is 5.32 Å². The summed E-state index contributed by atoms with van der Waals surface area (Å²) >= 11 is 0. The highest BCUT2D eigenvalue weighted by molar-refractivity contribution is 5.02. The Bertz CT molecular complexity index is 293. The summed E-state index contributed by atoms with van der Waals surface area (Å²) in [5.41, 5.74) is 0.181. The van der Waals surface area contributed by atoms with Crippen molar-refractivity contribution in [2.24, 2.45) is 29.6 Å². The average molecular weight is 249 g/mol. The smallest absolute Gasteiger partial charge is 0.0817 e. The van der Waals surface area contributed by atoms with E-state index in [1.165, 1.54) is 12.8 Å². The Morgan fingerprint density at radius 2 is 1.72 bits per heavy atom. The van der Waals surface area contributed by atoms with Gasteiger partial charge in [-0.1, -0.05) is 0 Å². The third-order valence-electron chi connectivity index (χ3n) is 6.67. The van der Waals surface area contributed by atoms with Crippen LogP contribution in [-0.2, 0) is 4.74 Å². The zero-order valence-electron chi connectivity index (χ0n) is 11.7. The zero-order chi connectivity index (χ0) is 12.2. The van der Waals surface area contributed by atoms with Crippen LogP contribution >= 0.6 is 0 Å². The third kappa shape index (κ3) is 1.76. The molecule has 0 aromatic carbocycles. The maximum Gasteiger partial charge on any atom is 0.0817 e. The van der Waals surface area contributed by atoms with E-state index in [2.05, 4.69) is 5.32 Å². The number of hydrogen-bond acceptors (Lipinski definition) is 2. The van der Waals surface area contributed by atoms with Crippen LogP contribution in [0.25, 0.3) is 0 Å². The van der Waals surface area contributed by atoms with Gasteiger partial charge in [-0.3, -0.25) is 0 Å². The second kappa shape index (κ2) is 4.21. The molecule has 102 valence electrons. The highest BCUT2D eigenvalue weighted by atomic mass is 16.5. The molecule has 1 saturated heterocycles. The molecule has 1 atom stereocenters. The van der Waals surface area contributed by atoms with Crippen molar-refractivity contribution >= 4 is 0 Å². The van der Waals surface area contributed by atoms with Gasteiger partial charge in [0, 0.05) is 13.7 Å². The molecule has 2 heteroatoms. The van der Waals surface area contributed by atoms with Crippen molar-refractivity contribution in [1.29, 1.82) is 0 Å². The van der Waals surface area contributed by atoms with E-state index in [0.29, 0.717) is 0 Å². The largest absolute Gasteiger partial charge is 0.377 e. The first-order chi connectivity index (χ1) is 8.78. The minimum absolute atomic E-state index is 0.181. The predicted molar refractivity (Wildman–Crippen MR) is 72.4 cm³/mol. The van der Waals surface area contributed by atoms with Crippen molar-refractivity contribution in [3.05, 3.63) is 0 Å². The van der Waals surface area contributed by atoms with Gasteiger partial charge in [-0.05, 0) is 81.1 Å². The Morgan fingerprint density at radius 3 is 2.22 bits per heavy atom. The summed E-state index contributed by atoms with van der Waals surface area (Å²) in [5.74, 6) is 5.29. The lowest BCUT2D eigenvalue weighted by molar-refractivity contribution is -0.0868. The fraction of sp³-hybridized carbons (Fsp3) is 1.00. The number of ether oxygens (including phenoxy) is 1. The van der Waals surface area contributed by atoms with Crippen LogP contribution in [0.2, 0.25) is 0 Å². The van der Waals surface area contributed by atoms with Crippen LogP contribution in [0.15, 0.2) is 0 Å². The topological polar surface area (TPSA) is 21.3 Å². The van der Waals surface area contributed by atoms with E-state index < -0.39 is 0 Å². The Kier molecular flexibility index (Phi) is 2.74. The maximum absolute atomic E-state index is 5.94. The second-order valence-corrected chi connectivity index (χ2v) is 7.61. The minimum Gasteiger partial charge on any atom is -0.377 e. The molecular formula is C16H27NO. The van der Waals surface area contributed by atoms with Crippen LogP contribution in [0.4, 0.5) is 0 Å². The third-order valence-corrected chi connectivity index (χ3v) is 6.67. The van der Waals surface area contributed by atoms with Gasteiger partial charge < -0.3 is 10.1 Å². The molecule has 1 unspecified atom stereocenters. The van der Waals surface area contributed by atoms with Crippen LogP contribution in [0.1, 0.15) is 44.9 Å². The number of hydrogen-bond donors (Lipinski definition) is 1. The maximum atomic E-state index is 5.94. The number of rotatable bonds is 3. The van der Waals surface area contributed by atoms with Gasteiger partial charge in [0.1, 0.15) is 0 Å². The highest BCUT2D eigenvalue weighted by Crippen LogP contribution is 2.58. The summed E-state index contributed by atoms with van der Waals surface area (Å²) in [6, 6.07) is 0. The fourth-order valence-electron chi connectivity index (χ4n) is 5.95. The highest BCUT2D eigenvalue weighted by Gasteiger charge is 2.50.